The predicted octanol–water partition coefficient (Wildman–Crippen LogP) is 3.01. The van der Waals surface area contributed by atoms with Crippen LogP contribution in [0.3, 0.4) is 0 Å². The van der Waals surface area contributed by atoms with Crippen LogP contribution in [0.2, 0.25) is 0 Å². The molecule has 0 atom stereocenters. The van der Waals surface area contributed by atoms with Crippen LogP contribution in [0, 0.1) is 13.8 Å². The van der Waals surface area contributed by atoms with Crippen molar-refractivity contribution in [3.63, 3.8) is 0 Å². The van der Waals surface area contributed by atoms with Crippen LogP contribution < -0.4 is 5.32 Å². The lowest BCUT2D eigenvalue weighted by Gasteiger charge is -2.08. The van der Waals surface area contributed by atoms with Crippen LogP contribution in [0.5, 0.6) is 0 Å². The molecule has 1 aromatic carbocycles. The molecule has 4 nitrogen and oxygen atoms in total. The smallest absolute Gasteiger partial charge is 0.0646 e. The number of aliphatic hydroxyl groups is 1. The third-order valence-electron chi connectivity index (χ3n) is 3.86. The van der Waals surface area contributed by atoms with Crippen LogP contribution in [0.1, 0.15) is 22.5 Å². The van der Waals surface area contributed by atoms with Gasteiger partial charge >= 0.3 is 0 Å². The topological polar surface area (TPSA) is 50.1 Å². The summed E-state index contributed by atoms with van der Waals surface area (Å²) in [6.07, 6.45) is 3.26. The average Bonchev–Trinajstić information content (AvgIpc) is 2.79. The molecule has 0 bridgehead atoms. The Morgan fingerprint density at radius 3 is 2.59 bits per heavy atom. The lowest BCUT2D eigenvalue weighted by Crippen LogP contribution is -2.07. The first kappa shape index (κ1) is 16.9. The van der Waals surface area contributed by atoms with E-state index in [1.165, 1.54) is 11.1 Å². The summed E-state index contributed by atoms with van der Waals surface area (Å²) >= 11 is 1.87. The number of aryl methyl sites for hydroxylation is 2. The number of hydrogen-bond donors (Lipinski definition) is 2. The average molecular weight is 319 g/mol. The van der Waals surface area contributed by atoms with Crippen molar-refractivity contribution in [1.82, 2.24) is 9.78 Å². The van der Waals surface area contributed by atoms with Gasteiger partial charge < -0.3 is 10.4 Å². The predicted molar refractivity (Wildman–Crippen MR) is 94.6 cm³/mol. The van der Waals surface area contributed by atoms with Crippen molar-refractivity contribution in [2.75, 3.05) is 23.9 Å². The van der Waals surface area contributed by atoms with Crippen molar-refractivity contribution in [1.29, 1.82) is 0 Å². The first-order chi connectivity index (χ1) is 10.7. The maximum atomic E-state index is 9.06. The fraction of sp³-hybridized carbons (Fsp3) is 0.471. The normalized spacial score (nSPS) is 10.9. The van der Waals surface area contributed by atoms with E-state index in [0.717, 1.165) is 35.8 Å². The Morgan fingerprint density at radius 2 is 1.95 bits per heavy atom. The molecule has 22 heavy (non-hydrogen) atoms. The number of benzene rings is 1. The number of aliphatic hydroxyl groups excluding tert-OH is 1. The summed E-state index contributed by atoms with van der Waals surface area (Å²) < 4.78 is 1.87. The van der Waals surface area contributed by atoms with E-state index in [9.17, 15) is 0 Å². The highest BCUT2D eigenvalue weighted by Crippen LogP contribution is 2.17. The Labute approximate surface area is 136 Å². The summed E-state index contributed by atoms with van der Waals surface area (Å²) in [5.74, 6) is 1.16. The van der Waals surface area contributed by atoms with Crippen LogP contribution in [0.4, 0.5) is 5.69 Å². The minimum Gasteiger partial charge on any atom is -0.394 e. The second kappa shape index (κ2) is 8.25. The molecule has 0 unspecified atom stereocenters. The molecule has 0 radical (unpaired) electrons. The standard InChI is InChI=1S/C17H25N3OS/c1-13-17(14(2)20(19-13)9-10-21)12-18-16-6-4-15(5-7-16)8-11-22-3/h4-7,18,21H,8-12H2,1-3H3. The van der Waals surface area contributed by atoms with E-state index in [1.807, 2.05) is 23.4 Å². The largest absolute Gasteiger partial charge is 0.394 e. The van der Waals surface area contributed by atoms with Crippen molar-refractivity contribution in [2.24, 2.45) is 0 Å². The van der Waals surface area contributed by atoms with Crippen molar-refractivity contribution >= 4 is 17.4 Å². The zero-order chi connectivity index (χ0) is 15.9. The van der Waals surface area contributed by atoms with E-state index in [1.54, 1.807) is 0 Å². The number of nitrogens with one attached hydrogen (secondary N) is 1. The van der Waals surface area contributed by atoms with Crippen LogP contribution in [0.15, 0.2) is 24.3 Å². The third-order valence-corrected chi connectivity index (χ3v) is 4.47. The van der Waals surface area contributed by atoms with Gasteiger partial charge in [-0.1, -0.05) is 12.1 Å². The molecular weight excluding hydrogens is 294 g/mol. The molecule has 0 saturated carbocycles. The van der Waals surface area contributed by atoms with Gasteiger partial charge in [-0.05, 0) is 50.0 Å². The van der Waals surface area contributed by atoms with Gasteiger partial charge in [-0.2, -0.15) is 16.9 Å². The van der Waals surface area contributed by atoms with Gasteiger partial charge in [0, 0.05) is 23.5 Å². The van der Waals surface area contributed by atoms with Crippen molar-refractivity contribution in [3.8, 4) is 0 Å². The summed E-state index contributed by atoms with van der Waals surface area (Å²) in [6.45, 7) is 5.50. The molecular formula is C17H25N3OS. The van der Waals surface area contributed by atoms with E-state index >= 15 is 0 Å². The molecule has 2 aromatic rings. The van der Waals surface area contributed by atoms with Crippen LogP contribution in [-0.4, -0.2) is 33.5 Å². The summed E-state index contributed by atoms with van der Waals surface area (Å²) in [7, 11) is 0. The molecule has 2 N–H and O–H groups in total. The second-order valence-electron chi connectivity index (χ2n) is 5.39. The number of rotatable bonds is 8. The molecule has 0 fully saturated rings. The third kappa shape index (κ3) is 4.27. The molecule has 120 valence electrons. The molecule has 0 amide bonds. The molecule has 0 spiro atoms. The first-order valence-corrected chi connectivity index (χ1v) is 9.00. The van der Waals surface area contributed by atoms with Gasteiger partial charge in [0.25, 0.3) is 0 Å². The highest BCUT2D eigenvalue weighted by molar-refractivity contribution is 7.98. The van der Waals surface area contributed by atoms with Gasteiger partial charge in [-0.25, -0.2) is 0 Å². The maximum absolute atomic E-state index is 9.06. The molecule has 0 aliphatic heterocycles. The van der Waals surface area contributed by atoms with Crippen molar-refractivity contribution in [2.45, 2.75) is 33.4 Å². The molecule has 2 rings (SSSR count). The number of anilines is 1. The van der Waals surface area contributed by atoms with E-state index < -0.39 is 0 Å². The Bertz CT molecular complexity index is 593. The highest BCUT2D eigenvalue weighted by Gasteiger charge is 2.10. The molecule has 0 aliphatic carbocycles. The van der Waals surface area contributed by atoms with Crippen LogP contribution in [-0.2, 0) is 19.5 Å². The molecule has 1 aromatic heterocycles. The Kier molecular flexibility index (Phi) is 6.34. The van der Waals surface area contributed by atoms with Crippen LogP contribution in [0.25, 0.3) is 0 Å². The summed E-state index contributed by atoms with van der Waals surface area (Å²) in [5.41, 5.74) is 5.86. The number of nitrogens with zero attached hydrogens (tertiary/aromatic N) is 2. The SMILES string of the molecule is CSCCc1ccc(NCc2c(C)nn(CCO)c2C)cc1. The van der Waals surface area contributed by atoms with E-state index in [2.05, 4.69) is 47.9 Å². The maximum Gasteiger partial charge on any atom is 0.0646 e. The minimum absolute atomic E-state index is 0.117. The van der Waals surface area contributed by atoms with Crippen molar-refractivity contribution < 1.29 is 5.11 Å². The van der Waals surface area contributed by atoms with Crippen LogP contribution >= 0.6 is 11.8 Å². The van der Waals surface area contributed by atoms with Gasteiger partial charge in [-0.15, -0.1) is 0 Å². The van der Waals surface area contributed by atoms with E-state index in [4.69, 9.17) is 5.11 Å². The second-order valence-corrected chi connectivity index (χ2v) is 6.37. The van der Waals surface area contributed by atoms with Gasteiger partial charge in [-0.3, -0.25) is 4.68 Å². The lowest BCUT2D eigenvalue weighted by atomic mass is 10.1. The Morgan fingerprint density at radius 1 is 1.23 bits per heavy atom. The van der Waals surface area contributed by atoms with Gasteiger partial charge in [0.1, 0.15) is 0 Å². The molecule has 0 saturated heterocycles. The Hall–Kier alpha value is -1.46. The monoisotopic (exact) mass is 319 g/mol. The molecule has 5 heteroatoms. The lowest BCUT2D eigenvalue weighted by molar-refractivity contribution is 0.268. The summed E-state index contributed by atoms with van der Waals surface area (Å²) in [5, 5.41) is 17.0. The number of aromatic nitrogens is 2. The van der Waals surface area contributed by atoms with E-state index in [-0.39, 0.29) is 6.61 Å². The van der Waals surface area contributed by atoms with E-state index in [0.29, 0.717) is 6.54 Å². The number of hydrogen-bond acceptors (Lipinski definition) is 4. The Balaban J connectivity index is 1.98. The number of thioether (sulfide) groups is 1. The van der Waals surface area contributed by atoms with Gasteiger partial charge in [0.05, 0.1) is 18.8 Å². The molecule has 1 heterocycles. The van der Waals surface area contributed by atoms with Crippen molar-refractivity contribution in [3.05, 3.63) is 46.8 Å². The summed E-state index contributed by atoms with van der Waals surface area (Å²) in [6, 6.07) is 8.65. The van der Waals surface area contributed by atoms with Gasteiger partial charge in [0.15, 0.2) is 0 Å². The first-order valence-electron chi connectivity index (χ1n) is 7.61. The van der Waals surface area contributed by atoms with Gasteiger partial charge in [0.2, 0.25) is 0 Å². The molecule has 0 aliphatic rings. The zero-order valence-electron chi connectivity index (χ0n) is 13.6. The summed E-state index contributed by atoms with van der Waals surface area (Å²) in [4.78, 5) is 0. The quantitative estimate of drug-likeness (QED) is 0.785. The highest BCUT2D eigenvalue weighted by atomic mass is 32.2. The fourth-order valence-corrected chi connectivity index (χ4v) is 2.94. The minimum atomic E-state index is 0.117. The fourth-order valence-electron chi connectivity index (χ4n) is 2.50. The zero-order valence-corrected chi connectivity index (χ0v) is 14.4.